The third kappa shape index (κ3) is 1.65. The minimum Gasteiger partial charge on any atom is -0.361 e. The Bertz CT molecular complexity index is 533. The molecular weight excluding hydrogens is 206 g/mol. The zero-order valence-electron chi connectivity index (χ0n) is 8.93. The van der Waals surface area contributed by atoms with Gasteiger partial charge in [0.25, 0.3) is 5.69 Å². The van der Waals surface area contributed by atoms with Crippen LogP contribution < -0.4 is 5.73 Å². The van der Waals surface area contributed by atoms with E-state index in [1.165, 1.54) is 6.07 Å². The number of nitro groups is 1. The maximum Gasteiger partial charge on any atom is 0.270 e. The molecule has 3 N–H and O–H groups in total. The summed E-state index contributed by atoms with van der Waals surface area (Å²) in [5.74, 6) is 0. The van der Waals surface area contributed by atoms with Gasteiger partial charge < -0.3 is 10.7 Å². The molecule has 0 spiro atoms. The Labute approximate surface area is 92.4 Å². The number of aromatic amines is 1. The average molecular weight is 219 g/mol. The first-order valence-electron chi connectivity index (χ1n) is 5.14. The summed E-state index contributed by atoms with van der Waals surface area (Å²) in [5, 5.41) is 11.5. The van der Waals surface area contributed by atoms with E-state index in [1.54, 1.807) is 12.1 Å². The Morgan fingerprint density at radius 1 is 1.56 bits per heavy atom. The van der Waals surface area contributed by atoms with Gasteiger partial charge in [0.15, 0.2) is 0 Å². The molecule has 2 aromatic rings. The van der Waals surface area contributed by atoms with Crippen LogP contribution in [0.1, 0.15) is 24.9 Å². The highest BCUT2D eigenvalue weighted by Gasteiger charge is 2.13. The maximum absolute atomic E-state index is 10.7. The summed E-state index contributed by atoms with van der Waals surface area (Å²) in [6.07, 6.45) is 2.62. The molecule has 0 radical (unpaired) electrons. The fourth-order valence-electron chi connectivity index (χ4n) is 1.77. The van der Waals surface area contributed by atoms with Crippen molar-refractivity contribution >= 4 is 16.6 Å². The van der Waals surface area contributed by atoms with E-state index in [0.29, 0.717) is 0 Å². The van der Waals surface area contributed by atoms with Gasteiger partial charge in [-0.15, -0.1) is 0 Å². The highest BCUT2D eigenvalue weighted by Crippen LogP contribution is 2.27. The summed E-state index contributed by atoms with van der Waals surface area (Å²) in [6, 6.07) is 4.67. The van der Waals surface area contributed by atoms with Crippen molar-refractivity contribution in [3.05, 3.63) is 40.1 Å². The Morgan fingerprint density at radius 3 is 2.94 bits per heavy atom. The normalized spacial score (nSPS) is 12.9. The molecule has 1 aromatic carbocycles. The van der Waals surface area contributed by atoms with Gasteiger partial charge in [-0.2, -0.15) is 0 Å². The molecule has 5 nitrogen and oxygen atoms in total. The van der Waals surface area contributed by atoms with Crippen molar-refractivity contribution in [3.63, 3.8) is 0 Å². The lowest BCUT2D eigenvalue weighted by atomic mass is 10.0. The van der Waals surface area contributed by atoms with Crippen LogP contribution in [0, 0.1) is 10.1 Å². The largest absolute Gasteiger partial charge is 0.361 e. The SMILES string of the molecule is CC[C@@H](N)c1c[nH]c2ccc([N+](=O)[O-])cc12. The van der Waals surface area contributed by atoms with Crippen molar-refractivity contribution in [1.82, 2.24) is 4.98 Å². The molecular formula is C11H13N3O2. The lowest BCUT2D eigenvalue weighted by Crippen LogP contribution is -2.07. The Kier molecular flexibility index (Phi) is 2.62. The topological polar surface area (TPSA) is 85.0 Å². The zero-order chi connectivity index (χ0) is 11.7. The number of nitro benzene ring substituents is 1. The van der Waals surface area contributed by atoms with E-state index in [2.05, 4.69) is 4.98 Å². The smallest absolute Gasteiger partial charge is 0.270 e. The maximum atomic E-state index is 10.7. The van der Waals surface area contributed by atoms with Crippen LogP contribution in [-0.4, -0.2) is 9.91 Å². The number of aromatic nitrogens is 1. The summed E-state index contributed by atoms with van der Waals surface area (Å²) >= 11 is 0. The summed E-state index contributed by atoms with van der Waals surface area (Å²) in [6.45, 7) is 1.99. The number of H-pyrrole nitrogens is 1. The number of fused-ring (bicyclic) bond motifs is 1. The van der Waals surface area contributed by atoms with Crippen LogP contribution in [-0.2, 0) is 0 Å². The Morgan fingerprint density at radius 2 is 2.31 bits per heavy atom. The molecule has 0 aliphatic carbocycles. The molecule has 0 unspecified atom stereocenters. The van der Waals surface area contributed by atoms with E-state index in [4.69, 9.17) is 5.73 Å². The van der Waals surface area contributed by atoms with Gasteiger partial charge in [-0.25, -0.2) is 0 Å². The van der Waals surface area contributed by atoms with Gasteiger partial charge in [0.1, 0.15) is 0 Å². The highest BCUT2D eigenvalue weighted by atomic mass is 16.6. The summed E-state index contributed by atoms with van der Waals surface area (Å²) in [7, 11) is 0. The minimum atomic E-state index is -0.395. The second kappa shape index (κ2) is 3.94. The quantitative estimate of drug-likeness (QED) is 0.614. The summed E-state index contributed by atoms with van der Waals surface area (Å²) in [4.78, 5) is 13.4. The molecule has 0 aliphatic rings. The van der Waals surface area contributed by atoms with E-state index >= 15 is 0 Å². The van der Waals surface area contributed by atoms with Gasteiger partial charge in [0, 0.05) is 35.3 Å². The van der Waals surface area contributed by atoms with Gasteiger partial charge in [-0.3, -0.25) is 10.1 Å². The van der Waals surface area contributed by atoms with Crippen LogP contribution in [0.2, 0.25) is 0 Å². The van der Waals surface area contributed by atoms with E-state index in [0.717, 1.165) is 22.9 Å². The molecule has 1 heterocycles. The second-order valence-electron chi connectivity index (χ2n) is 3.75. The number of hydrogen-bond donors (Lipinski definition) is 2. The molecule has 1 atom stereocenters. The zero-order valence-corrected chi connectivity index (χ0v) is 8.93. The number of hydrogen-bond acceptors (Lipinski definition) is 3. The Balaban J connectivity index is 2.60. The molecule has 2 rings (SSSR count). The van der Waals surface area contributed by atoms with Crippen LogP contribution in [0.15, 0.2) is 24.4 Å². The number of nitrogens with two attached hydrogens (primary N) is 1. The van der Waals surface area contributed by atoms with Crippen molar-refractivity contribution in [3.8, 4) is 0 Å². The van der Waals surface area contributed by atoms with E-state index in [-0.39, 0.29) is 11.7 Å². The number of nitrogens with one attached hydrogen (secondary N) is 1. The summed E-state index contributed by atoms with van der Waals surface area (Å²) in [5.41, 5.74) is 7.85. The van der Waals surface area contributed by atoms with Crippen molar-refractivity contribution < 1.29 is 4.92 Å². The lowest BCUT2D eigenvalue weighted by Gasteiger charge is -2.06. The van der Waals surface area contributed by atoms with Crippen LogP contribution in [0.4, 0.5) is 5.69 Å². The first-order chi connectivity index (χ1) is 7.63. The lowest BCUT2D eigenvalue weighted by molar-refractivity contribution is -0.384. The highest BCUT2D eigenvalue weighted by molar-refractivity contribution is 5.85. The van der Waals surface area contributed by atoms with Crippen molar-refractivity contribution in [2.45, 2.75) is 19.4 Å². The van der Waals surface area contributed by atoms with Crippen LogP contribution in [0.3, 0.4) is 0 Å². The van der Waals surface area contributed by atoms with Crippen molar-refractivity contribution in [2.75, 3.05) is 0 Å². The molecule has 1 aromatic heterocycles. The summed E-state index contributed by atoms with van der Waals surface area (Å²) < 4.78 is 0. The predicted octanol–water partition coefficient (Wildman–Crippen LogP) is 2.49. The fourth-order valence-corrected chi connectivity index (χ4v) is 1.77. The molecule has 0 bridgehead atoms. The molecule has 0 amide bonds. The molecule has 5 heteroatoms. The monoisotopic (exact) mass is 219 g/mol. The number of non-ortho nitro benzene ring substituents is 1. The van der Waals surface area contributed by atoms with Crippen LogP contribution >= 0.6 is 0 Å². The van der Waals surface area contributed by atoms with Gasteiger partial charge in [-0.1, -0.05) is 6.92 Å². The van der Waals surface area contributed by atoms with E-state index in [9.17, 15) is 10.1 Å². The number of benzene rings is 1. The van der Waals surface area contributed by atoms with Gasteiger partial charge in [0.2, 0.25) is 0 Å². The molecule has 0 aliphatic heterocycles. The van der Waals surface area contributed by atoms with E-state index < -0.39 is 4.92 Å². The molecule has 0 fully saturated rings. The fraction of sp³-hybridized carbons (Fsp3) is 0.273. The van der Waals surface area contributed by atoms with Crippen molar-refractivity contribution in [2.24, 2.45) is 5.73 Å². The van der Waals surface area contributed by atoms with Crippen molar-refractivity contribution in [1.29, 1.82) is 0 Å². The average Bonchev–Trinajstić information content (AvgIpc) is 2.70. The third-order valence-electron chi connectivity index (χ3n) is 2.75. The number of nitrogens with zero attached hydrogens (tertiary/aromatic N) is 1. The Hall–Kier alpha value is -1.88. The first kappa shape index (κ1) is 10.6. The number of rotatable bonds is 3. The minimum absolute atomic E-state index is 0.0873. The standard InChI is InChI=1S/C11H13N3O2/c1-2-10(12)9-6-13-11-4-3-7(14(15)16)5-8(9)11/h3-6,10,13H,2,12H2,1H3/t10-/m1/s1. The van der Waals surface area contributed by atoms with Crippen LogP contribution in [0.25, 0.3) is 10.9 Å². The third-order valence-corrected chi connectivity index (χ3v) is 2.75. The first-order valence-corrected chi connectivity index (χ1v) is 5.14. The second-order valence-corrected chi connectivity index (χ2v) is 3.75. The van der Waals surface area contributed by atoms with Gasteiger partial charge in [0.05, 0.1) is 4.92 Å². The molecule has 0 saturated carbocycles. The van der Waals surface area contributed by atoms with Crippen LogP contribution in [0.5, 0.6) is 0 Å². The van der Waals surface area contributed by atoms with Gasteiger partial charge in [-0.05, 0) is 18.1 Å². The molecule has 84 valence electrons. The van der Waals surface area contributed by atoms with Gasteiger partial charge >= 0.3 is 0 Å². The molecule has 16 heavy (non-hydrogen) atoms. The predicted molar refractivity (Wildman–Crippen MR) is 62.2 cm³/mol. The van der Waals surface area contributed by atoms with E-state index in [1.807, 2.05) is 13.1 Å². The molecule has 0 saturated heterocycles.